The first kappa shape index (κ1) is 12.3. The van der Waals surface area contributed by atoms with E-state index in [-0.39, 0.29) is 11.7 Å². The molecule has 0 saturated heterocycles. The fraction of sp³-hybridized carbons (Fsp3) is 0. The highest BCUT2D eigenvalue weighted by Crippen LogP contribution is 2.23. The summed E-state index contributed by atoms with van der Waals surface area (Å²) < 4.78 is 31.1. The summed E-state index contributed by atoms with van der Waals surface area (Å²) in [6, 6.07) is 10.3. The third-order valence-electron chi connectivity index (χ3n) is 2.76. The molecule has 6 heteroatoms. The normalized spacial score (nSPS) is 10.7. The van der Waals surface area contributed by atoms with Crippen molar-refractivity contribution in [3.63, 3.8) is 0 Å². The van der Waals surface area contributed by atoms with Crippen LogP contribution in [0.15, 0.2) is 47.0 Å². The molecule has 20 heavy (non-hydrogen) atoms. The SMILES string of the molecule is Nc1ccc(-c2nc(-c3ccc(F)c(F)c3)no2)cc1. The molecule has 0 aliphatic heterocycles. The summed E-state index contributed by atoms with van der Waals surface area (Å²) in [4.78, 5) is 4.14. The van der Waals surface area contributed by atoms with Gasteiger partial charge in [0, 0.05) is 16.8 Å². The lowest BCUT2D eigenvalue weighted by Gasteiger charge is -1.96. The molecule has 3 aromatic rings. The average Bonchev–Trinajstić information content (AvgIpc) is 2.92. The zero-order chi connectivity index (χ0) is 14.1. The van der Waals surface area contributed by atoms with Crippen LogP contribution in [0.1, 0.15) is 0 Å². The fourth-order valence-electron chi connectivity index (χ4n) is 1.72. The number of nitrogens with two attached hydrogens (primary N) is 1. The molecule has 0 unspecified atom stereocenters. The molecule has 0 spiro atoms. The molecule has 0 amide bonds. The molecule has 0 aliphatic rings. The van der Waals surface area contributed by atoms with Crippen LogP contribution < -0.4 is 5.73 Å². The summed E-state index contributed by atoms with van der Waals surface area (Å²) in [6.45, 7) is 0. The Morgan fingerprint density at radius 2 is 1.60 bits per heavy atom. The molecule has 0 atom stereocenters. The van der Waals surface area contributed by atoms with Gasteiger partial charge >= 0.3 is 0 Å². The molecular formula is C14H9F2N3O. The van der Waals surface area contributed by atoms with Gasteiger partial charge < -0.3 is 10.3 Å². The van der Waals surface area contributed by atoms with Crippen molar-refractivity contribution in [3.8, 4) is 22.8 Å². The molecule has 2 aromatic carbocycles. The Hall–Kier alpha value is -2.76. The van der Waals surface area contributed by atoms with Crippen LogP contribution >= 0.6 is 0 Å². The molecular weight excluding hydrogens is 264 g/mol. The number of aromatic nitrogens is 2. The maximum Gasteiger partial charge on any atom is 0.258 e. The van der Waals surface area contributed by atoms with Gasteiger partial charge in [0.15, 0.2) is 11.6 Å². The van der Waals surface area contributed by atoms with Crippen molar-refractivity contribution < 1.29 is 13.3 Å². The van der Waals surface area contributed by atoms with Gasteiger partial charge in [-0.3, -0.25) is 0 Å². The van der Waals surface area contributed by atoms with Crippen molar-refractivity contribution in [2.45, 2.75) is 0 Å². The van der Waals surface area contributed by atoms with E-state index < -0.39 is 11.6 Å². The molecule has 4 nitrogen and oxygen atoms in total. The van der Waals surface area contributed by atoms with Crippen LogP contribution in [-0.2, 0) is 0 Å². The van der Waals surface area contributed by atoms with Crippen LogP contribution in [0.4, 0.5) is 14.5 Å². The Kier molecular flexibility index (Phi) is 2.90. The molecule has 100 valence electrons. The first-order chi connectivity index (χ1) is 9.63. The van der Waals surface area contributed by atoms with E-state index in [0.29, 0.717) is 16.8 Å². The van der Waals surface area contributed by atoms with Crippen LogP contribution in [-0.4, -0.2) is 10.1 Å². The minimum atomic E-state index is -0.957. The predicted octanol–water partition coefficient (Wildman–Crippen LogP) is 3.26. The van der Waals surface area contributed by atoms with Crippen molar-refractivity contribution in [1.29, 1.82) is 0 Å². The lowest BCUT2D eigenvalue weighted by atomic mass is 10.2. The quantitative estimate of drug-likeness (QED) is 0.728. The highest BCUT2D eigenvalue weighted by atomic mass is 19.2. The van der Waals surface area contributed by atoms with Gasteiger partial charge in [0.05, 0.1) is 0 Å². The van der Waals surface area contributed by atoms with Gasteiger partial charge in [0.25, 0.3) is 5.89 Å². The van der Waals surface area contributed by atoms with Crippen molar-refractivity contribution >= 4 is 5.69 Å². The summed E-state index contributed by atoms with van der Waals surface area (Å²) in [5.74, 6) is -1.40. The second kappa shape index (κ2) is 4.73. The van der Waals surface area contributed by atoms with Gasteiger partial charge in [0.1, 0.15) is 0 Å². The molecule has 0 aliphatic carbocycles. The zero-order valence-corrected chi connectivity index (χ0v) is 10.2. The maximum atomic E-state index is 13.2. The van der Waals surface area contributed by atoms with Gasteiger partial charge in [0.2, 0.25) is 5.82 Å². The Labute approximate surface area is 112 Å². The van der Waals surface area contributed by atoms with Gasteiger partial charge in [-0.05, 0) is 42.5 Å². The smallest absolute Gasteiger partial charge is 0.258 e. The lowest BCUT2D eigenvalue weighted by molar-refractivity contribution is 0.432. The molecule has 1 heterocycles. The Morgan fingerprint density at radius 3 is 2.30 bits per heavy atom. The van der Waals surface area contributed by atoms with Crippen molar-refractivity contribution in [2.75, 3.05) is 5.73 Å². The van der Waals surface area contributed by atoms with E-state index in [2.05, 4.69) is 10.1 Å². The third-order valence-corrected chi connectivity index (χ3v) is 2.76. The van der Waals surface area contributed by atoms with E-state index in [0.717, 1.165) is 12.1 Å². The van der Waals surface area contributed by atoms with E-state index in [4.69, 9.17) is 10.3 Å². The van der Waals surface area contributed by atoms with Crippen molar-refractivity contribution in [2.24, 2.45) is 0 Å². The second-order valence-electron chi connectivity index (χ2n) is 4.17. The van der Waals surface area contributed by atoms with Gasteiger partial charge in [-0.15, -0.1) is 0 Å². The monoisotopic (exact) mass is 273 g/mol. The summed E-state index contributed by atoms with van der Waals surface area (Å²) in [6.07, 6.45) is 0. The fourth-order valence-corrected chi connectivity index (χ4v) is 1.72. The van der Waals surface area contributed by atoms with Gasteiger partial charge in [-0.25, -0.2) is 8.78 Å². The maximum absolute atomic E-state index is 13.2. The number of rotatable bonds is 2. The van der Waals surface area contributed by atoms with Crippen molar-refractivity contribution in [1.82, 2.24) is 10.1 Å². The number of anilines is 1. The number of nitrogen functional groups attached to an aromatic ring is 1. The number of hydrogen-bond donors (Lipinski definition) is 1. The van der Waals surface area contributed by atoms with Crippen LogP contribution in [0.5, 0.6) is 0 Å². The highest BCUT2D eigenvalue weighted by molar-refractivity contribution is 5.61. The second-order valence-corrected chi connectivity index (χ2v) is 4.17. The van der Waals surface area contributed by atoms with Crippen LogP contribution in [0.25, 0.3) is 22.8 Å². The van der Waals surface area contributed by atoms with E-state index in [1.807, 2.05) is 0 Å². The summed E-state index contributed by atoms with van der Waals surface area (Å²) in [7, 11) is 0. The van der Waals surface area contributed by atoms with E-state index in [1.54, 1.807) is 24.3 Å². The predicted molar refractivity (Wildman–Crippen MR) is 69.5 cm³/mol. The van der Waals surface area contributed by atoms with E-state index in [9.17, 15) is 8.78 Å². The lowest BCUT2D eigenvalue weighted by Crippen LogP contribution is -1.87. The molecule has 0 radical (unpaired) electrons. The highest BCUT2D eigenvalue weighted by Gasteiger charge is 2.12. The Morgan fingerprint density at radius 1 is 0.900 bits per heavy atom. The zero-order valence-electron chi connectivity index (χ0n) is 10.2. The van der Waals surface area contributed by atoms with E-state index in [1.165, 1.54) is 6.07 Å². The van der Waals surface area contributed by atoms with E-state index >= 15 is 0 Å². The Balaban J connectivity index is 1.97. The van der Waals surface area contributed by atoms with Crippen LogP contribution in [0.2, 0.25) is 0 Å². The minimum absolute atomic E-state index is 0.190. The minimum Gasteiger partial charge on any atom is -0.399 e. The van der Waals surface area contributed by atoms with Gasteiger partial charge in [-0.2, -0.15) is 4.98 Å². The van der Waals surface area contributed by atoms with Crippen molar-refractivity contribution in [3.05, 3.63) is 54.1 Å². The number of halogens is 2. The first-order valence-electron chi connectivity index (χ1n) is 5.78. The summed E-state index contributed by atoms with van der Waals surface area (Å²) in [5, 5.41) is 3.75. The molecule has 1 aromatic heterocycles. The summed E-state index contributed by atoms with van der Waals surface area (Å²) >= 11 is 0. The topological polar surface area (TPSA) is 64.9 Å². The van der Waals surface area contributed by atoms with Crippen LogP contribution in [0.3, 0.4) is 0 Å². The molecule has 2 N–H and O–H groups in total. The average molecular weight is 273 g/mol. The van der Waals surface area contributed by atoms with Gasteiger partial charge in [-0.1, -0.05) is 5.16 Å². The number of benzene rings is 2. The van der Waals surface area contributed by atoms with Crippen LogP contribution in [0, 0.1) is 11.6 Å². The first-order valence-corrected chi connectivity index (χ1v) is 5.78. The number of nitrogens with zero attached hydrogens (tertiary/aromatic N) is 2. The summed E-state index contributed by atoms with van der Waals surface area (Å²) in [5.41, 5.74) is 7.24. The molecule has 0 fully saturated rings. The number of hydrogen-bond acceptors (Lipinski definition) is 4. The standard InChI is InChI=1S/C14H9F2N3O/c15-11-6-3-9(7-12(11)16)13-18-14(20-19-13)8-1-4-10(17)5-2-8/h1-7H,17H2. The molecule has 0 saturated carbocycles. The molecule has 0 bridgehead atoms. The molecule has 3 rings (SSSR count). The largest absolute Gasteiger partial charge is 0.399 e. The third kappa shape index (κ3) is 2.23. The Bertz CT molecular complexity index is 753.